The number of hydrogen-bond acceptors (Lipinski definition) is 4. The highest BCUT2D eigenvalue weighted by molar-refractivity contribution is 5.44. The zero-order valence-electron chi connectivity index (χ0n) is 11.8. The second-order valence-electron chi connectivity index (χ2n) is 4.66. The van der Waals surface area contributed by atoms with Crippen LogP contribution in [0, 0.1) is 0 Å². The lowest BCUT2D eigenvalue weighted by Gasteiger charge is -2.19. The van der Waals surface area contributed by atoms with E-state index in [1.165, 1.54) is 0 Å². The van der Waals surface area contributed by atoms with Crippen molar-refractivity contribution in [1.29, 1.82) is 0 Å². The maximum absolute atomic E-state index is 5.96. The summed E-state index contributed by atoms with van der Waals surface area (Å²) >= 11 is 0. The van der Waals surface area contributed by atoms with Crippen molar-refractivity contribution < 1.29 is 4.74 Å². The first-order valence-corrected chi connectivity index (χ1v) is 6.89. The molecule has 2 rings (SSSR count). The third-order valence-corrected chi connectivity index (χ3v) is 3.09. The third-order valence-electron chi connectivity index (χ3n) is 3.09. The fraction of sp³-hybridized carbons (Fsp3) is 0.312. The van der Waals surface area contributed by atoms with E-state index < -0.39 is 0 Å². The summed E-state index contributed by atoms with van der Waals surface area (Å²) in [6.07, 6.45) is 4.34. The molecule has 0 amide bonds. The topological polar surface area (TPSA) is 60.2 Å². The Labute approximate surface area is 120 Å². The molecule has 0 aliphatic rings. The fourth-order valence-corrected chi connectivity index (χ4v) is 2.07. The number of likely N-dealkylation sites (N-methyl/N-ethyl adjacent to an activating group) is 1. The molecule has 0 aliphatic carbocycles. The molecule has 1 aromatic heterocycles. The van der Waals surface area contributed by atoms with Gasteiger partial charge in [-0.15, -0.1) is 0 Å². The van der Waals surface area contributed by atoms with E-state index in [0.29, 0.717) is 6.61 Å². The Balaban J connectivity index is 1.95. The van der Waals surface area contributed by atoms with Gasteiger partial charge in [-0.3, -0.25) is 4.98 Å². The van der Waals surface area contributed by atoms with Gasteiger partial charge in [0.05, 0.1) is 0 Å². The molecule has 1 unspecified atom stereocenters. The van der Waals surface area contributed by atoms with Gasteiger partial charge in [0.1, 0.15) is 12.4 Å². The van der Waals surface area contributed by atoms with Crippen LogP contribution in [-0.2, 0) is 6.42 Å². The predicted molar refractivity (Wildman–Crippen MR) is 81.8 cm³/mol. The van der Waals surface area contributed by atoms with Gasteiger partial charge in [-0.25, -0.2) is 0 Å². The number of rotatable bonds is 7. The van der Waals surface area contributed by atoms with E-state index in [1.54, 1.807) is 6.20 Å². The second-order valence-corrected chi connectivity index (χ2v) is 4.66. The number of hydrogen-bond donors (Lipinski definition) is 2. The van der Waals surface area contributed by atoms with Gasteiger partial charge >= 0.3 is 0 Å². The smallest absolute Gasteiger partial charge is 0.119 e. The molecule has 0 aliphatic heterocycles. The van der Waals surface area contributed by atoms with Gasteiger partial charge in [0.15, 0.2) is 0 Å². The Bertz CT molecular complexity index is 516. The molecular formula is C16H21N3O. The molecule has 0 bridgehead atoms. The highest BCUT2D eigenvalue weighted by atomic mass is 16.5. The Morgan fingerprint density at radius 1 is 1.25 bits per heavy atom. The van der Waals surface area contributed by atoms with Gasteiger partial charge in [0, 0.05) is 24.1 Å². The minimum Gasteiger partial charge on any atom is -0.492 e. The molecule has 4 heteroatoms. The number of nitrogen functional groups attached to an aromatic ring is 1. The van der Waals surface area contributed by atoms with Crippen molar-refractivity contribution in [2.24, 2.45) is 0 Å². The fourth-order valence-electron chi connectivity index (χ4n) is 2.07. The van der Waals surface area contributed by atoms with Crippen molar-refractivity contribution in [2.75, 3.05) is 18.9 Å². The van der Waals surface area contributed by atoms with Crippen molar-refractivity contribution >= 4 is 5.69 Å². The number of nitrogens with two attached hydrogens (primary N) is 1. The quantitative estimate of drug-likeness (QED) is 0.811. The zero-order valence-corrected chi connectivity index (χ0v) is 11.8. The number of benzene rings is 1. The molecule has 20 heavy (non-hydrogen) atoms. The molecule has 3 N–H and O–H groups in total. The molecule has 1 aromatic carbocycles. The normalized spacial score (nSPS) is 12.1. The first-order valence-electron chi connectivity index (χ1n) is 6.89. The van der Waals surface area contributed by atoms with Gasteiger partial charge in [-0.1, -0.05) is 25.1 Å². The summed E-state index contributed by atoms with van der Waals surface area (Å²) in [5.74, 6) is 0.884. The highest BCUT2D eigenvalue weighted by Crippen LogP contribution is 2.13. The summed E-state index contributed by atoms with van der Waals surface area (Å²) in [5.41, 5.74) is 7.79. The lowest BCUT2D eigenvalue weighted by molar-refractivity contribution is 0.265. The Morgan fingerprint density at radius 2 is 2.05 bits per heavy atom. The van der Waals surface area contributed by atoms with Gasteiger partial charge in [-0.2, -0.15) is 0 Å². The molecule has 0 fully saturated rings. The van der Waals surface area contributed by atoms with E-state index in [9.17, 15) is 0 Å². The van der Waals surface area contributed by atoms with E-state index in [4.69, 9.17) is 10.5 Å². The highest BCUT2D eigenvalue weighted by Gasteiger charge is 2.11. The van der Waals surface area contributed by atoms with E-state index >= 15 is 0 Å². The summed E-state index contributed by atoms with van der Waals surface area (Å²) in [6, 6.07) is 11.9. The maximum atomic E-state index is 5.96. The Morgan fingerprint density at radius 3 is 2.75 bits per heavy atom. The summed E-state index contributed by atoms with van der Waals surface area (Å²) in [5, 5.41) is 3.42. The first kappa shape index (κ1) is 14.3. The number of aromatic nitrogens is 1. The molecule has 106 valence electrons. The second kappa shape index (κ2) is 7.50. The minimum absolute atomic E-state index is 0.215. The summed E-state index contributed by atoms with van der Waals surface area (Å²) < 4.78 is 5.81. The van der Waals surface area contributed by atoms with Gasteiger partial charge in [-0.05, 0) is 36.7 Å². The number of nitrogens with zero attached hydrogens (tertiary/aromatic N) is 1. The predicted octanol–water partition coefficient (Wildman–Crippen LogP) is 2.26. The van der Waals surface area contributed by atoms with Crippen LogP contribution in [-0.4, -0.2) is 24.2 Å². The van der Waals surface area contributed by atoms with Crippen LogP contribution in [0.5, 0.6) is 5.75 Å². The average Bonchev–Trinajstić information content (AvgIpc) is 2.48. The van der Waals surface area contributed by atoms with Crippen LogP contribution in [0.2, 0.25) is 0 Å². The molecule has 0 saturated carbocycles. The lowest BCUT2D eigenvalue weighted by atomic mass is 10.1. The summed E-state index contributed by atoms with van der Waals surface area (Å²) in [7, 11) is 0. The molecule has 0 radical (unpaired) electrons. The molecule has 1 atom stereocenters. The van der Waals surface area contributed by atoms with Gasteiger partial charge < -0.3 is 15.8 Å². The van der Waals surface area contributed by atoms with Crippen LogP contribution in [0.1, 0.15) is 12.5 Å². The SMILES string of the molecule is CCNC(COc1ccccc1)Cc1cnccc1N. The van der Waals surface area contributed by atoms with E-state index in [1.807, 2.05) is 42.6 Å². The maximum Gasteiger partial charge on any atom is 0.119 e. The molecule has 4 nitrogen and oxygen atoms in total. The van der Waals surface area contributed by atoms with E-state index in [2.05, 4.69) is 17.2 Å². The number of anilines is 1. The summed E-state index contributed by atoms with van der Waals surface area (Å²) in [6.45, 7) is 3.58. The monoisotopic (exact) mass is 271 g/mol. The lowest BCUT2D eigenvalue weighted by Crippen LogP contribution is -2.36. The van der Waals surface area contributed by atoms with Crippen LogP contribution < -0.4 is 15.8 Å². The van der Waals surface area contributed by atoms with Crippen LogP contribution in [0.25, 0.3) is 0 Å². The number of nitrogens with one attached hydrogen (secondary N) is 1. The standard InChI is InChI=1S/C16H21N3O/c1-2-19-14(10-13-11-18-9-8-16(13)17)12-20-15-6-4-3-5-7-15/h3-9,11,14,19H,2,10,12H2,1H3,(H2,17,18). The van der Waals surface area contributed by atoms with E-state index in [0.717, 1.165) is 30.0 Å². The molecule has 2 aromatic rings. The largest absolute Gasteiger partial charge is 0.492 e. The van der Waals surface area contributed by atoms with Crippen molar-refractivity contribution in [3.8, 4) is 5.75 Å². The Kier molecular flexibility index (Phi) is 5.38. The Hall–Kier alpha value is -2.07. The first-order chi connectivity index (χ1) is 9.79. The third kappa shape index (κ3) is 4.24. The van der Waals surface area contributed by atoms with Crippen molar-refractivity contribution in [1.82, 2.24) is 10.3 Å². The van der Waals surface area contributed by atoms with Crippen molar-refractivity contribution in [2.45, 2.75) is 19.4 Å². The van der Waals surface area contributed by atoms with Crippen LogP contribution >= 0.6 is 0 Å². The van der Waals surface area contributed by atoms with E-state index in [-0.39, 0.29) is 6.04 Å². The average molecular weight is 271 g/mol. The molecule has 1 heterocycles. The van der Waals surface area contributed by atoms with Crippen LogP contribution in [0.3, 0.4) is 0 Å². The van der Waals surface area contributed by atoms with Crippen molar-refractivity contribution in [3.63, 3.8) is 0 Å². The molecular weight excluding hydrogens is 250 g/mol. The number of pyridine rings is 1. The number of ether oxygens (including phenoxy) is 1. The number of para-hydroxylation sites is 1. The van der Waals surface area contributed by atoms with Gasteiger partial charge in [0.2, 0.25) is 0 Å². The molecule has 0 spiro atoms. The van der Waals surface area contributed by atoms with Crippen molar-refractivity contribution in [3.05, 3.63) is 54.4 Å². The van der Waals surface area contributed by atoms with Crippen LogP contribution in [0.4, 0.5) is 5.69 Å². The van der Waals surface area contributed by atoms with Crippen LogP contribution in [0.15, 0.2) is 48.8 Å². The zero-order chi connectivity index (χ0) is 14.2. The minimum atomic E-state index is 0.215. The van der Waals surface area contributed by atoms with Gasteiger partial charge in [0.25, 0.3) is 0 Å². The molecule has 0 saturated heterocycles. The summed E-state index contributed by atoms with van der Waals surface area (Å²) in [4.78, 5) is 4.13.